The van der Waals surface area contributed by atoms with Crippen LogP contribution in [0.25, 0.3) is 0 Å². The molecule has 4 nitrogen and oxygen atoms in total. The van der Waals surface area contributed by atoms with Crippen LogP contribution < -0.4 is 0 Å². The number of rotatable bonds is 4. The van der Waals surface area contributed by atoms with Gasteiger partial charge in [-0.05, 0) is 44.0 Å². The lowest BCUT2D eigenvalue weighted by Gasteiger charge is -2.28. The van der Waals surface area contributed by atoms with Crippen LogP contribution in [0, 0.1) is 0 Å². The van der Waals surface area contributed by atoms with Crippen molar-refractivity contribution in [2.75, 3.05) is 32.7 Å². The molecule has 0 saturated carbocycles. The molecule has 1 N–H and O–H groups in total. The Kier molecular flexibility index (Phi) is 3.86. The Morgan fingerprint density at radius 3 is 2.68 bits per heavy atom. The Morgan fingerprint density at radius 1 is 1.21 bits per heavy atom. The van der Waals surface area contributed by atoms with E-state index in [2.05, 4.69) is 9.80 Å². The molecule has 19 heavy (non-hydrogen) atoms. The highest BCUT2D eigenvalue weighted by Crippen LogP contribution is 2.28. The SMILES string of the molecule is O=C(O)c1cc2c(s1)CCN(CCN1CCCC1)C2. The van der Waals surface area contributed by atoms with E-state index in [0.29, 0.717) is 4.88 Å². The summed E-state index contributed by atoms with van der Waals surface area (Å²) in [6, 6.07) is 1.87. The molecule has 1 aromatic heterocycles. The number of fused-ring (bicyclic) bond motifs is 1. The van der Waals surface area contributed by atoms with Crippen molar-refractivity contribution in [1.29, 1.82) is 0 Å². The molecule has 1 saturated heterocycles. The quantitative estimate of drug-likeness (QED) is 0.915. The summed E-state index contributed by atoms with van der Waals surface area (Å²) < 4.78 is 0. The summed E-state index contributed by atoms with van der Waals surface area (Å²) in [5.74, 6) is -0.789. The molecular formula is C14H20N2O2S. The van der Waals surface area contributed by atoms with Crippen molar-refractivity contribution in [3.8, 4) is 0 Å². The Hall–Kier alpha value is -0.910. The van der Waals surface area contributed by atoms with Crippen molar-refractivity contribution in [2.45, 2.75) is 25.8 Å². The van der Waals surface area contributed by atoms with Crippen molar-refractivity contribution in [1.82, 2.24) is 9.80 Å². The maximum atomic E-state index is 11.0. The topological polar surface area (TPSA) is 43.8 Å². The van der Waals surface area contributed by atoms with Crippen LogP contribution in [0.4, 0.5) is 0 Å². The Bertz CT molecular complexity index is 466. The summed E-state index contributed by atoms with van der Waals surface area (Å²) in [6.45, 7) is 6.76. The van der Waals surface area contributed by atoms with Crippen molar-refractivity contribution in [3.05, 3.63) is 21.4 Å². The van der Waals surface area contributed by atoms with Crippen molar-refractivity contribution >= 4 is 17.3 Å². The molecule has 2 aliphatic rings. The fourth-order valence-corrected chi connectivity index (χ4v) is 3.98. The van der Waals surface area contributed by atoms with Gasteiger partial charge in [0.25, 0.3) is 0 Å². The predicted octanol–water partition coefficient (Wildman–Crippen LogP) is 1.90. The lowest BCUT2D eigenvalue weighted by atomic mass is 10.1. The maximum absolute atomic E-state index is 11.0. The first-order valence-corrected chi connectivity index (χ1v) is 7.83. The van der Waals surface area contributed by atoms with Crippen LogP contribution in [-0.4, -0.2) is 53.6 Å². The largest absolute Gasteiger partial charge is 0.477 e. The Morgan fingerprint density at radius 2 is 1.95 bits per heavy atom. The van der Waals surface area contributed by atoms with Gasteiger partial charge >= 0.3 is 5.97 Å². The molecule has 0 aliphatic carbocycles. The maximum Gasteiger partial charge on any atom is 0.345 e. The number of carboxylic acids is 1. The molecule has 0 bridgehead atoms. The van der Waals surface area contributed by atoms with E-state index < -0.39 is 5.97 Å². The van der Waals surface area contributed by atoms with Gasteiger partial charge in [0.2, 0.25) is 0 Å². The van der Waals surface area contributed by atoms with Crippen LogP contribution in [-0.2, 0) is 13.0 Å². The van der Waals surface area contributed by atoms with Crippen LogP contribution in [0.5, 0.6) is 0 Å². The van der Waals surface area contributed by atoms with E-state index in [9.17, 15) is 4.79 Å². The number of hydrogen-bond acceptors (Lipinski definition) is 4. The van der Waals surface area contributed by atoms with Gasteiger partial charge in [-0.15, -0.1) is 11.3 Å². The first-order valence-electron chi connectivity index (χ1n) is 7.02. The van der Waals surface area contributed by atoms with E-state index in [-0.39, 0.29) is 0 Å². The summed E-state index contributed by atoms with van der Waals surface area (Å²) in [7, 11) is 0. The van der Waals surface area contributed by atoms with Crippen LogP contribution in [0.2, 0.25) is 0 Å². The second-order valence-electron chi connectivity index (χ2n) is 5.44. The summed E-state index contributed by atoms with van der Waals surface area (Å²) in [5.41, 5.74) is 1.23. The van der Waals surface area contributed by atoms with E-state index in [4.69, 9.17) is 5.11 Å². The molecule has 0 unspecified atom stereocenters. The van der Waals surface area contributed by atoms with Gasteiger partial charge < -0.3 is 10.0 Å². The van der Waals surface area contributed by atoms with Gasteiger partial charge in [-0.1, -0.05) is 0 Å². The zero-order valence-corrected chi connectivity index (χ0v) is 11.9. The van der Waals surface area contributed by atoms with Crippen LogP contribution in [0.1, 0.15) is 33.0 Å². The fourth-order valence-electron chi connectivity index (χ4n) is 2.98. The molecule has 0 amide bonds. The first kappa shape index (κ1) is 13.1. The van der Waals surface area contributed by atoms with Crippen LogP contribution >= 0.6 is 11.3 Å². The number of hydrogen-bond donors (Lipinski definition) is 1. The van der Waals surface area contributed by atoms with E-state index in [0.717, 1.165) is 32.6 Å². The average Bonchev–Trinajstić information content (AvgIpc) is 3.04. The van der Waals surface area contributed by atoms with Crippen molar-refractivity contribution in [3.63, 3.8) is 0 Å². The van der Waals surface area contributed by atoms with E-state index in [1.54, 1.807) is 0 Å². The highest BCUT2D eigenvalue weighted by atomic mass is 32.1. The molecular weight excluding hydrogens is 260 g/mol. The predicted molar refractivity (Wildman–Crippen MR) is 75.9 cm³/mol. The highest BCUT2D eigenvalue weighted by molar-refractivity contribution is 7.14. The summed E-state index contributed by atoms with van der Waals surface area (Å²) in [6.07, 6.45) is 3.70. The minimum Gasteiger partial charge on any atom is -0.477 e. The number of carbonyl (C=O) groups is 1. The molecule has 2 aliphatic heterocycles. The number of aromatic carboxylic acids is 1. The third-order valence-corrected chi connectivity index (χ3v) is 5.31. The minimum absolute atomic E-state index is 0.492. The second kappa shape index (κ2) is 5.61. The molecule has 1 aromatic rings. The zero-order chi connectivity index (χ0) is 13.2. The van der Waals surface area contributed by atoms with Crippen molar-refractivity contribution in [2.24, 2.45) is 0 Å². The number of nitrogens with zero attached hydrogens (tertiary/aromatic N) is 2. The number of carboxylic acid groups (broad SMARTS) is 1. The monoisotopic (exact) mass is 280 g/mol. The van der Waals surface area contributed by atoms with E-state index in [1.165, 1.54) is 47.7 Å². The summed E-state index contributed by atoms with van der Waals surface area (Å²) >= 11 is 1.45. The molecule has 3 rings (SSSR count). The molecule has 0 atom stereocenters. The lowest BCUT2D eigenvalue weighted by molar-refractivity contribution is 0.0702. The standard InChI is InChI=1S/C14H20N2O2S/c17-14(18)13-9-11-10-16(6-3-12(11)19-13)8-7-15-4-1-2-5-15/h9H,1-8,10H2,(H,17,18). The van der Waals surface area contributed by atoms with Gasteiger partial charge in [-0.3, -0.25) is 4.90 Å². The number of thiophene rings is 1. The van der Waals surface area contributed by atoms with Gasteiger partial charge in [0, 0.05) is 31.1 Å². The van der Waals surface area contributed by atoms with Gasteiger partial charge in [0.05, 0.1) is 0 Å². The Labute approximate surface area is 117 Å². The molecule has 0 spiro atoms. The van der Waals surface area contributed by atoms with Crippen LogP contribution in [0.15, 0.2) is 6.07 Å². The first-order chi connectivity index (χ1) is 9.22. The molecule has 3 heterocycles. The minimum atomic E-state index is -0.789. The van der Waals surface area contributed by atoms with Gasteiger partial charge in [0.15, 0.2) is 0 Å². The third kappa shape index (κ3) is 2.99. The molecule has 104 valence electrons. The highest BCUT2D eigenvalue weighted by Gasteiger charge is 2.21. The lowest BCUT2D eigenvalue weighted by Crippen LogP contribution is -2.36. The summed E-state index contributed by atoms with van der Waals surface area (Å²) in [4.78, 5) is 17.7. The van der Waals surface area contributed by atoms with Crippen molar-refractivity contribution < 1.29 is 9.90 Å². The molecule has 0 aromatic carbocycles. The number of likely N-dealkylation sites (tertiary alicyclic amines) is 1. The molecule has 1 fully saturated rings. The smallest absolute Gasteiger partial charge is 0.345 e. The fraction of sp³-hybridized carbons (Fsp3) is 0.643. The van der Waals surface area contributed by atoms with Gasteiger partial charge in [0.1, 0.15) is 4.88 Å². The third-order valence-electron chi connectivity index (χ3n) is 4.09. The molecule has 0 radical (unpaired) electrons. The van der Waals surface area contributed by atoms with Gasteiger partial charge in [-0.25, -0.2) is 4.79 Å². The second-order valence-corrected chi connectivity index (χ2v) is 6.58. The van der Waals surface area contributed by atoms with Crippen LogP contribution in [0.3, 0.4) is 0 Å². The average molecular weight is 280 g/mol. The van der Waals surface area contributed by atoms with E-state index in [1.807, 2.05) is 6.07 Å². The molecule has 5 heteroatoms. The normalized spacial score (nSPS) is 20.6. The zero-order valence-electron chi connectivity index (χ0n) is 11.1. The van der Waals surface area contributed by atoms with E-state index >= 15 is 0 Å². The van der Waals surface area contributed by atoms with Gasteiger partial charge in [-0.2, -0.15) is 0 Å². The summed E-state index contributed by atoms with van der Waals surface area (Å²) in [5, 5.41) is 9.04. The Balaban J connectivity index is 1.57.